The van der Waals surface area contributed by atoms with Crippen LogP contribution >= 0.6 is 0 Å². The van der Waals surface area contributed by atoms with Gasteiger partial charge in [-0.25, -0.2) is 4.79 Å². The monoisotopic (exact) mass is 343 g/mol. The standard InChI is InChI=1S/C18H21N3O4/c22-17(23)11-25-14-8-4-7-13(9-14)18(24)19-16-10-15(20-21-16)12-5-2-1-3-6-12/h4,7-10,12H,1-3,5-6,11H2,(H,22,23)(H2,19,20,21,24). The first kappa shape index (κ1) is 17.0. The van der Waals surface area contributed by atoms with E-state index in [0.717, 1.165) is 18.5 Å². The summed E-state index contributed by atoms with van der Waals surface area (Å²) < 4.78 is 5.09. The van der Waals surface area contributed by atoms with Gasteiger partial charge in [-0.3, -0.25) is 9.89 Å². The van der Waals surface area contributed by atoms with Crippen molar-refractivity contribution in [2.75, 3.05) is 11.9 Å². The van der Waals surface area contributed by atoms with Crippen LogP contribution in [0.15, 0.2) is 30.3 Å². The fourth-order valence-corrected chi connectivity index (χ4v) is 3.08. The second kappa shape index (κ2) is 7.83. The molecule has 1 aromatic heterocycles. The van der Waals surface area contributed by atoms with Gasteiger partial charge >= 0.3 is 5.97 Å². The van der Waals surface area contributed by atoms with E-state index >= 15 is 0 Å². The van der Waals surface area contributed by atoms with Gasteiger partial charge < -0.3 is 15.2 Å². The molecule has 0 unspecified atom stereocenters. The molecule has 0 spiro atoms. The smallest absolute Gasteiger partial charge is 0.341 e. The molecule has 1 amide bonds. The highest BCUT2D eigenvalue weighted by molar-refractivity contribution is 6.04. The number of aromatic nitrogens is 2. The van der Waals surface area contributed by atoms with E-state index in [1.165, 1.54) is 25.3 Å². The maximum absolute atomic E-state index is 12.4. The molecule has 1 aliphatic carbocycles. The summed E-state index contributed by atoms with van der Waals surface area (Å²) in [7, 11) is 0. The van der Waals surface area contributed by atoms with E-state index < -0.39 is 12.6 Å². The van der Waals surface area contributed by atoms with E-state index in [4.69, 9.17) is 9.84 Å². The van der Waals surface area contributed by atoms with Crippen LogP contribution in [0.25, 0.3) is 0 Å². The Morgan fingerprint density at radius 2 is 2.04 bits per heavy atom. The topological polar surface area (TPSA) is 104 Å². The van der Waals surface area contributed by atoms with Gasteiger partial charge in [0.05, 0.1) is 0 Å². The highest BCUT2D eigenvalue weighted by Crippen LogP contribution is 2.32. The minimum Gasteiger partial charge on any atom is -0.482 e. The van der Waals surface area contributed by atoms with Gasteiger partial charge in [0.2, 0.25) is 0 Å². The maximum atomic E-state index is 12.4. The van der Waals surface area contributed by atoms with Gasteiger partial charge in [0, 0.05) is 23.2 Å². The first-order valence-electron chi connectivity index (χ1n) is 8.43. The quantitative estimate of drug-likeness (QED) is 0.747. The fraction of sp³-hybridized carbons (Fsp3) is 0.389. The van der Waals surface area contributed by atoms with Gasteiger partial charge in [-0.2, -0.15) is 5.10 Å². The number of hydrogen-bond donors (Lipinski definition) is 3. The minimum atomic E-state index is -1.07. The van der Waals surface area contributed by atoms with Gasteiger partial charge in [0.1, 0.15) is 5.75 Å². The predicted molar refractivity (Wildman–Crippen MR) is 91.9 cm³/mol. The van der Waals surface area contributed by atoms with Crippen molar-refractivity contribution >= 4 is 17.7 Å². The zero-order valence-corrected chi connectivity index (χ0v) is 13.8. The molecule has 132 valence electrons. The van der Waals surface area contributed by atoms with Crippen molar-refractivity contribution in [2.24, 2.45) is 0 Å². The first-order valence-corrected chi connectivity index (χ1v) is 8.43. The first-order chi connectivity index (χ1) is 12.1. The summed E-state index contributed by atoms with van der Waals surface area (Å²) >= 11 is 0. The number of carbonyl (C=O) groups excluding carboxylic acids is 1. The van der Waals surface area contributed by atoms with Crippen molar-refractivity contribution in [3.63, 3.8) is 0 Å². The lowest BCUT2D eigenvalue weighted by Gasteiger charge is -2.19. The van der Waals surface area contributed by atoms with E-state index in [9.17, 15) is 9.59 Å². The summed E-state index contributed by atoms with van der Waals surface area (Å²) in [5.41, 5.74) is 1.44. The second-order valence-corrected chi connectivity index (χ2v) is 6.21. The average molecular weight is 343 g/mol. The largest absolute Gasteiger partial charge is 0.482 e. The van der Waals surface area contributed by atoms with E-state index in [2.05, 4.69) is 15.5 Å². The maximum Gasteiger partial charge on any atom is 0.341 e. The Hall–Kier alpha value is -2.83. The van der Waals surface area contributed by atoms with Gasteiger partial charge in [-0.15, -0.1) is 0 Å². The van der Waals surface area contributed by atoms with Crippen LogP contribution in [0.4, 0.5) is 5.82 Å². The zero-order chi connectivity index (χ0) is 17.6. The number of hydrogen-bond acceptors (Lipinski definition) is 4. The lowest BCUT2D eigenvalue weighted by atomic mass is 9.87. The van der Waals surface area contributed by atoms with Crippen LogP contribution in [-0.4, -0.2) is 33.8 Å². The number of carboxylic acids is 1. The Balaban J connectivity index is 1.63. The lowest BCUT2D eigenvalue weighted by molar-refractivity contribution is -0.139. The molecular weight excluding hydrogens is 322 g/mol. The molecule has 1 fully saturated rings. The molecule has 0 radical (unpaired) electrons. The average Bonchev–Trinajstić information content (AvgIpc) is 3.09. The number of carboxylic acid groups (broad SMARTS) is 1. The number of amides is 1. The molecule has 1 aromatic carbocycles. The molecule has 7 nitrogen and oxygen atoms in total. The Kier molecular flexibility index (Phi) is 5.33. The van der Waals surface area contributed by atoms with Crippen LogP contribution in [-0.2, 0) is 4.79 Å². The highest BCUT2D eigenvalue weighted by atomic mass is 16.5. The zero-order valence-electron chi connectivity index (χ0n) is 13.8. The summed E-state index contributed by atoms with van der Waals surface area (Å²) in [5, 5.41) is 18.6. The van der Waals surface area contributed by atoms with Crippen molar-refractivity contribution in [1.82, 2.24) is 10.2 Å². The van der Waals surface area contributed by atoms with Gasteiger partial charge in [-0.1, -0.05) is 25.3 Å². The number of ether oxygens (including phenoxy) is 1. The molecule has 0 atom stereocenters. The SMILES string of the molecule is O=C(O)COc1cccc(C(=O)Nc2cc(C3CCCCC3)[nH]n2)c1. The summed E-state index contributed by atoms with van der Waals surface area (Å²) in [6.45, 7) is -0.449. The minimum absolute atomic E-state index is 0.317. The molecule has 1 aliphatic rings. The van der Waals surface area contributed by atoms with Crippen LogP contribution < -0.4 is 10.1 Å². The number of carbonyl (C=O) groups is 2. The normalized spacial score (nSPS) is 14.9. The summed E-state index contributed by atoms with van der Waals surface area (Å²) in [4.78, 5) is 22.9. The second-order valence-electron chi connectivity index (χ2n) is 6.21. The molecule has 0 saturated heterocycles. The molecule has 0 bridgehead atoms. The van der Waals surface area contributed by atoms with Crippen LogP contribution in [0.2, 0.25) is 0 Å². The number of benzene rings is 1. The van der Waals surface area contributed by atoms with Gasteiger partial charge in [-0.05, 0) is 31.0 Å². The van der Waals surface area contributed by atoms with Crippen LogP contribution in [0.3, 0.4) is 0 Å². The number of nitrogens with zero attached hydrogens (tertiary/aromatic N) is 1. The summed E-state index contributed by atoms with van der Waals surface area (Å²) in [6.07, 6.45) is 6.05. The number of aromatic amines is 1. The molecule has 1 heterocycles. The van der Waals surface area contributed by atoms with E-state index in [-0.39, 0.29) is 5.91 Å². The van der Waals surface area contributed by atoms with Crippen LogP contribution in [0.1, 0.15) is 54.1 Å². The molecule has 3 N–H and O–H groups in total. The van der Waals surface area contributed by atoms with Gasteiger partial charge in [0.25, 0.3) is 5.91 Å². The van der Waals surface area contributed by atoms with E-state index in [0.29, 0.717) is 23.0 Å². The van der Waals surface area contributed by atoms with Crippen molar-refractivity contribution in [3.8, 4) is 5.75 Å². The fourth-order valence-electron chi connectivity index (χ4n) is 3.08. The van der Waals surface area contributed by atoms with Crippen molar-refractivity contribution in [1.29, 1.82) is 0 Å². The third kappa shape index (κ3) is 4.59. The van der Waals surface area contributed by atoms with E-state index in [1.807, 2.05) is 6.07 Å². The third-order valence-corrected chi connectivity index (χ3v) is 4.34. The number of H-pyrrole nitrogens is 1. The Labute approximate surface area is 145 Å². The Bertz CT molecular complexity index is 750. The molecule has 7 heteroatoms. The van der Waals surface area contributed by atoms with Crippen molar-refractivity contribution in [3.05, 3.63) is 41.6 Å². The predicted octanol–water partition coefficient (Wildman–Crippen LogP) is 3.17. The van der Waals surface area contributed by atoms with Crippen LogP contribution in [0, 0.1) is 0 Å². The lowest BCUT2D eigenvalue weighted by Crippen LogP contribution is -2.13. The molecule has 1 saturated carbocycles. The third-order valence-electron chi connectivity index (χ3n) is 4.34. The molecule has 0 aliphatic heterocycles. The Morgan fingerprint density at radius 1 is 1.24 bits per heavy atom. The molecule has 25 heavy (non-hydrogen) atoms. The number of nitrogens with one attached hydrogen (secondary N) is 2. The van der Waals surface area contributed by atoms with Crippen molar-refractivity contribution in [2.45, 2.75) is 38.0 Å². The number of aliphatic carboxylic acids is 1. The summed E-state index contributed by atoms with van der Waals surface area (Å²) in [5.74, 6) is -0.0776. The summed E-state index contributed by atoms with van der Waals surface area (Å²) in [6, 6.07) is 8.28. The molecule has 2 aromatic rings. The Morgan fingerprint density at radius 3 is 2.80 bits per heavy atom. The van der Waals surface area contributed by atoms with Crippen molar-refractivity contribution < 1.29 is 19.4 Å². The number of rotatable bonds is 6. The van der Waals surface area contributed by atoms with Crippen LogP contribution in [0.5, 0.6) is 5.75 Å². The molecular formula is C18H21N3O4. The highest BCUT2D eigenvalue weighted by Gasteiger charge is 2.18. The number of anilines is 1. The van der Waals surface area contributed by atoms with E-state index in [1.54, 1.807) is 18.2 Å². The molecule has 3 rings (SSSR count). The van der Waals surface area contributed by atoms with Gasteiger partial charge in [0.15, 0.2) is 12.4 Å².